The molecule has 1 amide bonds. The number of anilines is 4. The molecule has 0 bridgehead atoms. The highest BCUT2D eigenvalue weighted by Crippen LogP contribution is 2.57. The molecule has 0 aliphatic carbocycles. The molecule has 0 fully saturated rings. The number of fused-ring (bicyclic) bond motifs is 6. The van der Waals surface area contributed by atoms with Gasteiger partial charge in [-0.1, -0.05) is 18.2 Å². The predicted octanol–water partition coefficient (Wildman–Crippen LogP) is 7.67. The highest BCUT2D eigenvalue weighted by atomic mass is 35.5. The van der Waals surface area contributed by atoms with Crippen LogP contribution < -0.4 is 21.1 Å². The number of amides is 1. The summed E-state index contributed by atoms with van der Waals surface area (Å²) < 4.78 is 12.3. The number of carbonyl (C=O) groups is 2. The van der Waals surface area contributed by atoms with Crippen molar-refractivity contribution >= 4 is 46.7 Å². The second kappa shape index (κ2) is 15.2. The summed E-state index contributed by atoms with van der Waals surface area (Å²) in [4.78, 5) is 47.0. The number of ether oxygens (including phenoxy) is 2. The minimum Gasteiger partial charge on any atom is -0.508 e. The van der Waals surface area contributed by atoms with Gasteiger partial charge in [0, 0.05) is 65.0 Å². The fourth-order valence-electron chi connectivity index (χ4n) is 8.17. The minimum atomic E-state index is -1.46. The van der Waals surface area contributed by atoms with Crippen LogP contribution in [0.15, 0.2) is 103 Å². The number of nitrogens with two attached hydrogens (primary N) is 1. The Hall–Kier alpha value is -6.77. The molecule has 6 aromatic rings. The molecule has 0 saturated carbocycles. The average Bonchev–Trinajstić information content (AvgIpc) is 3.47. The number of nitrogens with one attached hydrogen (secondary N) is 2. The van der Waals surface area contributed by atoms with Gasteiger partial charge < -0.3 is 36.1 Å². The van der Waals surface area contributed by atoms with E-state index in [1.165, 1.54) is 24.3 Å². The first-order valence-corrected chi connectivity index (χ1v) is 19.4. The lowest BCUT2D eigenvalue weighted by Gasteiger charge is -2.36. The number of pyridine rings is 1. The van der Waals surface area contributed by atoms with Gasteiger partial charge in [-0.2, -0.15) is 15.0 Å². The molecular formula is C44H41ClN8O6. The van der Waals surface area contributed by atoms with Crippen LogP contribution in [-0.2, 0) is 20.5 Å². The highest BCUT2D eigenvalue weighted by molar-refractivity contribution is 6.28. The maximum absolute atomic E-state index is 13.5. The third kappa shape index (κ3) is 6.99. The van der Waals surface area contributed by atoms with Crippen molar-refractivity contribution in [1.82, 2.24) is 24.8 Å². The van der Waals surface area contributed by atoms with Gasteiger partial charge in [-0.05, 0) is 118 Å². The molecule has 1 atom stereocenters. The zero-order valence-corrected chi connectivity index (χ0v) is 33.4. The Morgan fingerprint density at radius 3 is 2.00 bits per heavy atom. The number of phenolic OH excluding ortho intramolecular Hbond substituents is 2. The van der Waals surface area contributed by atoms with Gasteiger partial charge in [-0.25, -0.2) is 4.79 Å². The Morgan fingerprint density at radius 1 is 0.814 bits per heavy atom. The van der Waals surface area contributed by atoms with E-state index in [9.17, 15) is 19.8 Å². The number of rotatable bonds is 12. The molecular weight excluding hydrogens is 772 g/mol. The summed E-state index contributed by atoms with van der Waals surface area (Å²) in [5.74, 6) is -0.393. The molecule has 8 rings (SSSR count). The second-order valence-electron chi connectivity index (χ2n) is 15.0. The smallest absolute Gasteiger partial charge is 0.340 e. The number of nitrogens with zero attached hydrogens (tertiary/aromatic N) is 5. The van der Waals surface area contributed by atoms with Crippen molar-refractivity contribution in [1.29, 1.82) is 0 Å². The number of aromatic hydroxyl groups is 2. The van der Waals surface area contributed by atoms with Gasteiger partial charge in [0.15, 0.2) is 5.60 Å². The average molecular weight is 813 g/mol. The van der Waals surface area contributed by atoms with Gasteiger partial charge in [0.1, 0.15) is 28.4 Å². The quantitative estimate of drug-likeness (QED) is 0.0756. The summed E-state index contributed by atoms with van der Waals surface area (Å²) in [6.45, 7) is 9.14. The lowest BCUT2D eigenvalue weighted by Crippen LogP contribution is -2.47. The van der Waals surface area contributed by atoms with Gasteiger partial charge in [-0.15, -0.1) is 0 Å². The van der Waals surface area contributed by atoms with E-state index < -0.39 is 22.9 Å². The molecule has 0 radical (unpaired) electrons. The Kier molecular flexibility index (Phi) is 10.1. The first-order valence-electron chi connectivity index (χ1n) is 19.0. The van der Waals surface area contributed by atoms with Crippen molar-refractivity contribution in [3.8, 4) is 23.0 Å². The SMILES string of the molecule is CC(C)N(CCC(C(N)=O)(c1ccc(Nc2nc(Cl)nc(Nc3ccc4c(c3)C3(OC4=O)c4ccc(O)cc4Oc4cc(O)ccc43)n2)cc1)c1ccccn1)C(C)C. The van der Waals surface area contributed by atoms with E-state index >= 15 is 0 Å². The topological polar surface area (TPSA) is 198 Å². The van der Waals surface area contributed by atoms with E-state index in [-0.39, 0.29) is 52.3 Å². The fourth-order valence-corrected chi connectivity index (χ4v) is 8.33. The molecule has 2 aromatic heterocycles. The normalized spacial score (nSPS) is 14.6. The third-order valence-electron chi connectivity index (χ3n) is 10.9. The Bertz CT molecular complexity index is 2530. The molecule has 6 N–H and O–H groups in total. The van der Waals surface area contributed by atoms with Crippen molar-refractivity contribution in [3.63, 3.8) is 0 Å². The van der Waals surface area contributed by atoms with Crippen LogP contribution in [0.1, 0.15) is 72.4 Å². The number of esters is 1. The number of halogens is 1. The van der Waals surface area contributed by atoms with Crippen molar-refractivity contribution in [3.05, 3.63) is 142 Å². The van der Waals surface area contributed by atoms with Gasteiger partial charge in [0.2, 0.25) is 23.1 Å². The monoisotopic (exact) mass is 812 g/mol. The molecule has 15 heteroatoms. The van der Waals surface area contributed by atoms with Gasteiger partial charge in [0.25, 0.3) is 0 Å². The van der Waals surface area contributed by atoms with Crippen molar-refractivity contribution in [2.45, 2.75) is 57.2 Å². The Balaban J connectivity index is 1.09. The van der Waals surface area contributed by atoms with E-state index in [0.29, 0.717) is 57.9 Å². The predicted molar refractivity (Wildman–Crippen MR) is 222 cm³/mol. The first-order chi connectivity index (χ1) is 28.3. The summed E-state index contributed by atoms with van der Waals surface area (Å²) in [6.07, 6.45) is 2.09. The molecule has 4 heterocycles. The first kappa shape index (κ1) is 39.1. The third-order valence-corrected chi connectivity index (χ3v) is 11.0. The van der Waals surface area contributed by atoms with E-state index in [0.717, 1.165) is 0 Å². The van der Waals surface area contributed by atoms with Crippen LogP contribution >= 0.6 is 11.6 Å². The number of phenols is 2. The molecule has 14 nitrogen and oxygen atoms in total. The molecule has 1 spiro atoms. The van der Waals surface area contributed by atoms with Crippen LogP contribution in [-0.4, -0.2) is 65.6 Å². The van der Waals surface area contributed by atoms with Crippen LogP contribution in [0.2, 0.25) is 5.28 Å². The molecule has 59 heavy (non-hydrogen) atoms. The van der Waals surface area contributed by atoms with Crippen molar-refractivity contribution < 1.29 is 29.3 Å². The lowest BCUT2D eigenvalue weighted by molar-refractivity contribution is -0.122. The zero-order chi connectivity index (χ0) is 41.6. The number of carbonyl (C=O) groups excluding carboxylic acids is 2. The van der Waals surface area contributed by atoms with Gasteiger partial charge in [0.05, 0.1) is 11.3 Å². The van der Waals surface area contributed by atoms with Crippen LogP contribution in [0.25, 0.3) is 0 Å². The lowest BCUT2D eigenvalue weighted by atomic mass is 9.73. The summed E-state index contributed by atoms with van der Waals surface area (Å²) >= 11 is 6.42. The molecule has 2 aliphatic rings. The molecule has 1 unspecified atom stereocenters. The van der Waals surface area contributed by atoms with E-state index in [1.54, 1.807) is 42.6 Å². The number of hydrogen-bond donors (Lipinski definition) is 5. The number of benzene rings is 4. The number of primary amides is 1. The van der Waals surface area contributed by atoms with Gasteiger partial charge in [-0.3, -0.25) is 14.7 Å². The fraction of sp³-hybridized carbons (Fsp3) is 0.227. The standard InChI is InChI=1S/C44H41ClN8O6/c1-24(2)53(25(3)4)20-18-43(39(46)57,37-7-5-6-19-47-37)26-8-10-27(11-9-26)48-41-50-40(45)51-42(52-41)49-28-12-15-31-34(21-28)44(59-38(31)56)32-16-13-29(54)22-35(32)58-36-23-30(55)14-17-33(36)44/h5-17,19,21-25,54-55H,18,20H2,1-4H3,(H2,46,57)(H2,48,49,50,51,52). The highest BCUT2D eigenvalue weighted by Gasteiger charge is 2.54. The largest absolute Gasteiger partial charge is 0.508 e. The van der Waals surface area contributed by atoms with Crippen LogP contribution in [0, 0.1) is 0 Å². The second-order valence-corrected chi connectivity index (χ2v) is 15.4. The van der Waals surface area contributed by atoms with Crippen LogP contribution in [0.3, 0.4) is 0 Å². The molecule has 4 aromatic carbocycles. The summed E-state index contributed by atoms with van der Waals surface area (Å²) in [7, 11) is 0. The van der Waals surface area contributed by atoms with E-state index in [2.05, 4.69) is 63.2 Å². The Labute approximate surface area is 345 Å². The molecule has 0 saturated heterocycles. The van der Waals surface area contributed by atoms with Crippen LogP contribution in [0.4, 0.5) is 23.3 Å². The molecule has 2 aliphatic heterocycles. The van der Waals surface area contributed by atoms with E-state index in [1.807, 2.05) is 36.4 Å². The number of hydrogen-bond acceptors (Lipinski definition) is 13. The number of aromatic nitrogens is 4. The molecule has 300 valence electrons. The van der Waals surface area contributed by atoms with Crippen molar-refractivity contribution in [2.75, 3.05) is 17.2 Å². The summed E-state index contributed by atoms with van der Waals surface area (Å²) in [5, 5.41) is 26.8. The van der Waals surface area contributed by atoms with E-state index in [4.69, 9.17) is 26.8 Å². The van der Waals surface area contributed by atoms with Crippen LogP contribution in [0.5, 0.6) is 23.0 Å². The zero-order valence-electron chi connectivity index (χ0n) is 32.6. The maximum atomic E-state index is 13.5. The maximum Gasteiger partial charge on any atom is 0.340 e. The minimum absolute atomic E-state index is 0.0481. The van der Waals surface area contributed by atoms with Gasteiger partial charge >= 0.3 is 5.97 Å². The summed E-state index contributed by atoms with van der Waals surface area (Å²) in [5.41, 5.74) is 7.74. The Morgan fingerprint density at radius 2 is 1.42 bits per heavy atom. The summed E-state index contributed by atoms with van der Waals surface area (Å²) in [6, 6.07) is 27.5. The van der Waals surface area contributed by atoms with Crippen molar-refractivity contribution in [2.24, 2.45) is 5.73 Å².